The van der Waals surface area contributed by atoms with Crippen LogP contribution in [0.4, 0.5) is 5.69 Å². The van der Waals surface area contributed by atoms with E-state index in [-0.39, 0.29) is 24.9 Å². The summed E-state index contributed by atoms with van der Waals surface area (Å²) in [6, 6.07) is 9.60. The number of carbonyl (C=O) groups is 3. The van der Waals surface area contributed by atoms with Crippen LogP contribution in [0.15, 0.2) is 41.2 Å². The van der Waals surface area contributed by atoms with Crippen molar-refractivity contribution < 1.29 is 24.6 Å². The highest BCUT2D eigenvalue weighted by Gasteiger charge is 2.36. The molecule has 10 nitrogen and oxygen atoms in total. The van der Waals surface area contributed by atoms with E-state index in [0.29, 0.717) is 34.4 Å². The lowest BCUT2D eigenvalue weighted by atomic mass is 10.1. The van der Waals surface area contributed by atoms with Crippen molar-refractivity contribution in [3.05, 3.63) is 69.3 Å². The number of fused-ring (bicyclic) bond motifs is 2. The zero-order chi connectivity index (χ0) is 24.6. The van der Waals surface area contributed by atoms with Crippen molar-refractivity contribution in [2.45, 2.75) is 38.9 Å². The number of amides is 1. The van der Waals surface area contributed by atoms with E-state index in [1.54, 1.807) is 25.1 Å². The Labute approximate surface area is 194 Å². The summed E-state index contributed by atoms with van der Waals surface area (Å²) >= 11 is 0. The largest absolute Gasteiger partial charge is 0.481 e. The Morgan fingerprint density at radius 2 is 1.94 bits per heavy atom. The van der Waals surface area contributed by atoms with Gasteiger partial charge in [0.15, 0.2) is 0 Å². The fraction of sp³-hybridized carbons (Fsp3) is 0.292. The first kappa shape index (κ1) is 23.0. The fourth-order valence-electron chi connectivity index (χ4n) is 4.26. The number of carboxylic acids is 2. The van der Waals surface area contributed by atoms with Gasteiger partial charge < -0.3 is 25.0 Å². The van der Waals surface area contributed by atoms with Crippen molar-refractivity contribution >= 4 is 34.4 Å². The van der Waals surface area contributed by atoms with Crippen LogP contribution in [0.5, 0.6) is 0 Å². The number of carbonyl (C=O) groups excluding carboxylic acids is 1. The molecular weight excluding hydrogens is 440 g/mol. The highest BCUT2D eigenvalue weighted by atomic mass is 16.4. The normalized spacial score (nSPS) is 13.7. The summed E-state index contributed by atoms with van der Waals surface area (Å²) in [6.45, 7) is 2.33. The fourth-order valence-corrected chi connectivity index (χ4v) is 4.26. The third-order valence-corrected chi connectivity index (χ3v) is 5.96. The summed E-state index contributed by atoms with van der Waals surface area (Å²) in [5, 5.41) is 18.9. The van der Waals surface area contributed by atoms with Crippen molar-refractivity contribution in [3.63, 3.8) is 0 Å². The number of aryl methyl sites for hydroxylation is 1. The molecule has 3 N–H and O–H groups in total. The zero-order valence-electron chi connectivity index (χ0n) is 18.7. The highest BCUT2D eigenvalue weighted by molar-refractivity contribution is 6.01. The number of benzene rings is 2. The van der Waals surface area contributed by atoms with E-state index in [9.17, 15) is 24.3 Å². The van der Waals surface area contributed by atoms with Gasteiger partial charge in [0.25, 0.3) is 11.5 Å². The number of nitrogens with one attached hydrogen (secondary N) is 1. The Morgan fingerprint density at radius 1 is 1.18 bits per heavy atom. The first-order valence-corrected chi connectivity index (χ1v) is 10.7. The van der Waals surface area contributed by atoms with Crippen LogP contribution in [-0.4, -0.2) is 56.0 Å². The Kier molecular flexibility index (Phi) is 6.06. The van der Waals surface area contributed by atoms with Crippen LogP contribution in [0.2, 0.25) is 0 Å². The van der Waals surface area contributed by atoms with Crippen molar-refractivity contribution in [1.82, 2.24) is 14.9 Å². The molecule has 1 aromatic heterocycles. The molecule has 176 valence electrons. The van der Waals surface area contributed by atoms with E-state index in [0.717, 1.165) is 11.3 Å². The summed E-state index contributed by atoms with van der Waals surface area (Å²) in [6.07, 6.45) is -0.499. The molecule has 0 saturated heterocycles. The van der Waals surface area contributed by atoms with E-state index in [1.165, 1.54) is 4.90 Å². The zero-order valence-corrected chi connectivity index (χ0v) is 18.7. The predicted octanol–water partition coefficient (Wildman–Crippen LogP) is 2.14. The molecule has 1 atom stereocenters. The molecule has 0 fully saturated rings. The van der Waals surface area contributed by atoms with Crippen LogP contribution in [0, 0.1) is 6.92 Å². The van der Waals surface area contributed by atoms with Gasteiger partial charge in [0.05, 0.1) is 10.9 Å². The van der Waals surface area contributed by atoms with Crippen LogP contribution in [0.3, 0.4) is 0 Å². The minimum atomic E-state index is -1.23. The Balaban J connectivity index is 1.54. The van der Waals surface area contributed by atoms with E-state index in [2.05, 4.69) is 9.97 Å². The number of aromatic nitrogens is 2. The number of hydrogen-bond donors (Lipinski definition) is 3. The molecule has 0 aliphatic carbocycles. The van der Waals surface area contributed by atoms with Crippen LogP contribution >= 0.6 is 0 Å². The average molecular weight is 464 g/mol. The predicted molar refractivity (Wildman–Crippen MR) is 124 cm³/mol. The number of carboxylic acid groups (broad SMARTS) is 2. The van der Waals surface area contributed by atoms with Gasteiger partial charge in [-0.2, -0.15) is 0 Å². The number of rotatable bonds is 8. The Hall–Kier alpha value is -4.21. The topological polar surface area (TPSA) is 144 Å². The molecule has 2 heterocycles. The number of nitrogens with zero attached hydrogens (tertiary/aromatic N) is 3. The van der Waals surface area contributed by atoms with Gasteiger partial charge in [-0.15, -0.1) is 0 Å². The summed E-state index contributed by atoms with van der Waals surface area (Å²) < 4.78 is 0. The van der Waals surface area contributed by atoms with Crippen LogP contribution in [0.1, 0.15) is 40.2 Å². The Morgan fingerprint density at radius 3 is 2.65 bits per heavy atom. The van der Waals surface area contributed by atoms with Gasteiger partial charge in [-0.05, 0) is 54.8 Å². The smallest absolute Gasteiger partial charge is 0.326 e. The highest BCUT2D eigenvalue weighted by Crippen LogP contribution is 2.30. The molecule has 34 heavy (non-hydrogen) atoms. The first-order valence-electron chi connectivity index (χ1n) is 10.7. The van der Waals surface area contributed by atoms with Crippen LogP contribution < -0.4 is 10.5 Å². The molecule has 10 heteroatoms. The van der Waals surface area contributed by atoms with Gasteiger partial charge in [0.1, 0.15) is 11.9 Å². The van der Waals surface area contributed by atoms with E-state index >= 15 is 0 Å². The maximum Gasteiger partial charge on any atom is 0.326 e. The first-order chi connectivity index (χ1) is 16.1. The lowest BCUT2D eigenvalue weighted by molar-refractivity contribution is -0.143. The molecule has 3 aromatic rings. The maximum absolute atomic E-state index is 12.8. The van der Waals surface area contributed by atoms with Crippen molar-refractivity contribution in [2.75, 3.05) is 11.9 Å². The monoisotopic (exact) mass is 464 g/mol. The van der Waals surface area contributed by atoms with Gasteiger partial charge in [0.2, 0.25) is 0 Å². The van der Waals surface area contributed by atoms with Gasteiger partial charge in [-0.1, -0.05) is 6.07 Å². The van der Waals surface area contributed by atoms with E-state index in [1.807, 2.05) is 30.1 Å². The lowest BCUT2D eigenvalue weighted by Crippen LogP contribution is -2.41. The second-order valence-electron chi connectivity index (χ2n) is 8.42. The number of H-pyrrole nitrogens is 1. The second kappa shape index (κ2) is 8.97. The second-order valence-corrected chi connectivity index (χ2v) is 8.42. The molecule has 1 amide bonds. The number of aliphatic carboxylic acids is 2. The molecule has 0 unspecified atom stereocenters. The number of aromatic amines is 1. The van der Waals surface area contributed by atoms with Gasteiger partial charge >= 0.3 is 11.9 Å². The van der Waals surface area contributed by atoms with Gasteiger partial charge in [-0.25, -0.2) is 9.78 Å². The van der Waals surface area contributed by atoms with Crippen molar-refractivity contribution in [1.29, 1.82) is 0 Å². The van der Waals surface area contributed by atoms with Crippen LogP contribution in [-0.2, 0) is 22.7 Å². The van der Waals surface area contributed by atoms with E-state index in [4.69, 9.17) is 5.11 Å². The molecular formula is C24H24N4O6. The standard InChI is InChI=1S/C24H24N4O6/c1-13-25-19-6-3-14(9-18(19)22(31)26-13)11-27(2)16-4-5-17-15(10-16)12-28(23(17)32)20(24(33)34)7-8-21(29)30/h3-6,9-10,20H,7-8,11-12H2,1-2H3,(H,29,30)(H,33,34)(H,25,26,31)/t20-/m0/s1. The summed E-state index contributed by atoms with van der Waals surface area (Å²) in [5.41, 5.74) is 3.26. The quantitative estimate of drug-likeness (QED) is 0.460. The summed E-state index contributed by atoms with van der Waals surface area (Å²) in [5.74, 6) is -2.20. The SMILES string of the molecule is Cc1nc2ccc(CN(C)c3ccc4c(c3)CN([C@@H](CCC(=O)O)C(=O)O)C4=O)cc2c(=O)[nH]1. The molecule has 4 rings (SSSR count). The van der Waals surface area contributed by atoms with Gasteiger partial charge in [0, 0.05) is 37.8 Å². The Bertz CT molecular complexity index is 1370. The molecule has 0 bridgehead atoms. The maximum atomic E-state index is 12.8. The molecule has 0 radical (unpaired) electrons. The molecule has 0 saturated carbocycles. The van der Waals surface area contributed by atoms with Crippen molar-refractivity contribution in [2.24, 2.45) is 0 Å². The molecule has 2 aromatic carbocycles. The summed E-state index contributed by atoms with van der Waals surface area (Å²) in [7, 11) is 1.88. The average Bonchev–Trinajstić information content (AvgIpc) is 3.09. The third-order valence-electron chi connectivity index (χ3n) is 5.96. The molecule has 0 spiro atoms. The minimum absolute atomic E-state index is 0.100. The van der Waals surface area contributed by atoms with Crippen LogP contribution in [0.25, 0.3) is 10.9 Å². The number of anilines is 1. The lowest BCUT2D eigenvalue weighted by Gasteiger charge is -2.23. The minimum Gasteiger partial charge on any atom is -0.481 e. The summed E-state index contributed by atoms with van der Waals surface area (Å²) in [4.78, 5) is 57.9. The van der Waals surface area contributed by atoms with E-state index < -0.39 is 23.9 Å². The third kappa shape index (κ3) is 4.47. The van der Waals surface area contributed by atoms with Gasteiger partial charge in [-0.3, -0.25) is 14.4 Å². The molecule has 1 aliphatic rings. The van der Waals surface area contributed by atoms with Crippen molar-refractivity contribution in [3.8, 4) is 0 Å². The molecule has 1 aliphatic heterocycles. The number of hydrogen-bond acceptors (Lipinski definition) is 6.